The Hall–Kier alpha value is -2.22. The van der Waals surface area contributed by atoms with Crippen LogP contribution in [0.3, 0.4) is 0 Å². The number of amides is 2. The summed E-state index contributed by atoms with van der Waals surface area (Å²) in [6.45, 7) is 3.00. The van der Waals surface area contributed by atoms with Gasteiger partial charge in [0, 0.05) is 30.5 Å². The van der Waals surface area contributed by atoms with E-state index in [0.717, 1.165) is 4.90 Å². The van der Waals surface area contributed by atoms with Gasteiger partial charge in [-0.3, -0.25) is 14.5 Å². The van der Waals surface area contributed by atoms with Gasteiger partial charge in [-0.05, 0) is 6.92 Å². The number of β-lactam (4-membered cyclic amide) rings is 1. The van der Waals surface area contributed by atoms with Crippen LogP contribution in [0.5, 0.6) is 0 Å². The van der Waals surface area contributed by atoms with Crippen molar-refractivity contribution in [1.82, 2.24) is 10.2 Å². The Bertz CT molecular complexity index is 647. The van der Waals surface area contributed by atoms with Crippen molar-refractivity contribution in [3.63, 3.8) is 0 Å². The minimum Gasteiger partial charge on any atom is -0.477 e. The first-order valence-electron chi connectivity index (χ1n) is 6.19. The Balaban J connectivity index is 2.28. The van der Waals surface area contributed by atoms with Crippen molar-refractivity contribution in [3.8, 4) is 0 Å². The normalized spacial score (nSPS) is 24.3. The second kappa shape index (κ2) is 5.65. The Morgan fingerprint density at radius 1 is 1.48 bits per heavy atom. The summed E-state index contributed by atoms with van der Waals surface area (Å²) in [5, 5.41) is 12.8. The zero-order chi connectivity index (χ0) is 15.7. The Labute approximate surface area is 123 Å². The molecule has 2 atom stereocenters. The molecule has 7 nitrogen and oxygen atoms in total. The minimum absolute atomic E-state index is 0.180. The van der Waals surface area contributed by atoms with Gasteiger partial charge in [0.25, 0.3) is 5.91 Å². The molecule has 0 aromatic heterocycles. The Morgan fingerprint density at radius 2 is 2.14 bits per heavy atom. The molecule has 2 aliphatic heterocycles. The van der Waals surface area contributed by atoms with Crippen LogP contribution in [-0.2, 0) is 25.2 Å². The summed E-state index contributed by atoms with van der Waals surface area (Å²) in [5.41, 5.74) is 0.313. The number of carboxylic acids is 1. The number of allylic oxidation sites excluding steroid dienone is 1. The first kappa shape index (κ1) is 15.2. The molecule has 2 aliphatic rings. The van der Waals surface area contributed by atoms with Crippen molar-refractivity contribution in [2.24, 2.45) is 0 Å². The highest BCUT2D eigenvalue weighted by Gasteiger charge is 2.52. The van der Waals surface area contributed by atoms with Crippen molar-refractivity contribution >= 4 is 28.6 Å². The summed E-state index contributed by atoms with van der Waals surface area (Å²) >= 11 is 0. The van der Waals surface area contributed by atoms with Crippen LogP contribution in [0, 0.1) is 0 Å². The van der Waals surface area contributed by atoms with Crippen LogP contribution in [0.2, 0.25) is 0 Å². The van der Waals surface area contributed by atoms with Gasteiger partial charge in [0.1, 0.15) is 5.70 Å². The molecule has 1 fully saturated rings. The molecular formula is C13H14N2O5S. The zero-order valence-electron chi connectivity index (χ0n) is 11.5. The second-order valence-electron chi connectivity index (χ2n) is 4.52. The Morgan fingerprint density at radius 3 is 2.67 bits per heavy atom. The predicted molar refractivity (Wildman–Crippen MR) is 74.8 cm³/mol. The van der Waals surface area contributed by atoms with E-state index in [2.05, 4.69) is 5.32 Å². The van der Waals surface area contributed by atoms with E-state index in [-0.39, 0.29) is 34.9 Å². The maximum Gasteiger partial charge on any atom is 0.353 e. The van der Waals surface area contributed by atoms with E-state index in [1.807, 2.05) is 0 Å². The van der Waals surface area contributed by atoms with Gasteiger partial charge in [0.2, 0.25) is 5.91 Å². The number of carbonyl (C=O) groups is 3. The summed E-state index contributed by atoms with van der Waals surface area (Å²) in [5.74, 6) is -1.97. The Kier molecular flexibility index (Phi) is 4.08. The van der Waals surface area contributed by atoms with Crippen molar-refractivity contribution in [2.75, 3.05) is 0 Å². The molecule has 0 spiro atoms. The lowest BCUT2D eigenvalue weighted by atomic mass is 9.94. The molecule has 2 N–H and O–H groups in total. The van der Waals surface area contributed by atoms with Gasteiger partial charge in [0.05, 0.1) is 21.7 Å². The van der Waals surface area contributed by atoms with E-state index in [0.29, 0.717) is 5.57 Å². The van der Waals surface area contributed by atoms with Crippen LogP contribution in [0.25, 0.3) is 0 Å². The molecule has 2 rings (SSSR count). The molecule has 0 aromatic rings. The fraction of sp³-hybridized carbons (Fsp3) is 0.308. The molecule has 0 radical (unpaired) electrons. The number of hydrogen-bond acceptors (Lipinski definition) is 4. The third-order valence-corrected chi connectivity index (χ3v) is 4.48. The highest BCUT2D eigenvalue weighted by molar-refractivity contribution is 7.91. The van der Waals surface area contributed by atoms with Crippen molar-refractivity contribution in [1.29, 1.82) is 0 Å². The van der Waals surface area contributed by atoms with E-state index >= 15 is 0 Å². The van der Waals surface area contributed by atoms with Gasteiger partial charge < -0.3 is 10.4 Å². The zero-order valence-corrected chi connectivity index (χ0v) is 12.3. The average molecular weight is 310 g/mol. The van der Waals surface area contributed by atoms with Crippen molar-refractivity contribution in [2.45, 2.75) is 26.3 Å². The van der Waals surface area contributed by atoms with Crippen LogP contribution in [0.1, 0.15) is 20.3 Å². The largest absolute Gasteiger partial charge is 0.477 e. The lowest BCUT2D eigenvalue weighted by Gasteiger charge is -2.37. The third kappa shape index (κ3) is 2.54. The van der Waals surface area contributed by atoms with E-state index in [1.165, 1.54) is 18.5 Å². The van der Waals surface area contributed by atoms with Gasteiger partial charge in [-0.25, -0.2) is 9.00 Å². The summed E-state index contributed by atoms with van der Waals surface area (Å²) in [6, 6.07) is -0.346. The van der Waals surface area contributed by atoms with Crippen LogP contribution in [-0.4, -0.2) is 38.0 Å². The number of nitrogens with one attached hydrogen (secondary N) is 1. The van der Waals surface area contributed by atoms with Crippen molar-refractivity contribution in [3.05, 3.63) is 33.9 Å². The summed E-state index contributed by atoms with van der Waals surface area (Å²) in [6.07, 6.45) is 3.07. The SMILES string of the molecule is C/C=C1/C(=O)N2C(C(=O)O)=C(S(=O)/C=C/NC(C)=O)C[C@H]12. The van der Waals surface area contributed by atoms with Crippen LogP contribution >= 0.6 is 0 Å². The highest BCUT2D eigenvalue weighted by Crippen LogP contribution is 2.43. The standard InChI is InChI=1S/C13H14N2O5S/c1-3-8-9-6-10(21(20)5-4-14-7(2)16)11(13(18)19)15(9)12(8)17/h3-5,9H,6H2,1-2H3,(H,14,16)(H,18,19)/b5-4+,8-3+/t9-,21?/m1/s1. The lowest BCUT2D eigenvalue weighted by molar-refractivity contribution is -0.142. The highest BCUT2D eigenvalue weighted by atomic mass is 32.2. The molecule has 1 saturated heterocycles. The number of carboxylic acid groups (broad SMARTS) is 1. The number of carbonyl (C=O) groups excluding carboxylic acids is 2. The molecule has 0 aromatic carbocycles. The number of hydrogen-bond donors (Lipinski definition) is 2. The molecule has 0 aliphatic carbocycles. The topological polar surface area (TPSA) is 104 Å². The van der Waals surface area contributed by atoms with E-state index in [9.17, 15) is 23.7 Å². The van der Waals surface area contributed by atoms with Crippen LogP contribution < -0.4 is 5.32 Å². The number of fused-ring (bicyclic) bond motifs is 1. The lowest BCUT2D eigenvalue weighted by Crippen LogP contribution is -2.52. The monoisotopic (exact) mass is 310 g/mol. The third-order valence-electron chi connectivity index (χ3n) is 3.25. The molecule has 112 valence electrons. The van der Waals surface area contributed by atoms with Gasteiger partial charge in [-0.1, -0.05) is 6.08 Å². The van der Waals surface area contributed by atoms with Crippen LogP contribution in [0.4, 0.5) is 0 Å². The first-order chi connectivity index (χ1) is 9.88. The molecule has 1 unspecified atom stereocenters. The minimum atomic E-state index is -1.71. The fourth-order valence-corrected chi connectivity index (χ4v) is 3.43. The first-order valence-corrected chi connectivity index (χ1v) is 7.40. The maximum absolute atomic E-state index is 12.2. The molecule has 2 heterocycles. The fourth-order valence-electron chi connectivity index (χ4n) is 2.37. The molecule has 8 heteroatoms. The predicted octanol–water partition coefficient (Wildman–Crippen LogP) is 0.199. The molecule has 2 amide bonds. The van der Waals surface area contributed by atoms with Crippen molar-refractivity contribution < 1.29 is 23.7 Å². The van der Waals surface area contributed by atoms with Gasteiger partial charge in [0.15, 0.2) is 0 Å². The summed E-state index contributed by atoms with van der Waals surface area (Å²) in [4.78, 5) is 35.3. The molecule has 21 heavy (non-hydrogen) atoms. The molecule has 0 saturated carbocycles. The molecule has 0 bridgehead atoms. The van der Waals surface area contributed by atoms with E-state index < -0.39 is 16.8 Å². The maximum atomic E-state index is 12.2. The number of nitrogens with zero attached hydrogens (tertiary/aromatic N) is 1. The number of aliphatic carboxylic acids is 1. The van der Waals surface area contributed by atoms with Crippen LogP contribution in [0.15, 0.2) is 33.9 Å². The van der Waals surface area contributed by atoms with E-state index in [1.54, 1.807) is 13.0 Å². The second-order valence-corrected chi connectivity index (χ2v) is 5.88. The number of rotatable bonds is 4. The summed E-state index contributed by atoms with van der Waals surface area (Å²) in [7, 11) is -1.71. The van der Waals surface area contributed by atoms with Gasteiger partial charge in [-0.2, -0.15) is 0 Å². The van der Waals surface area contributed by atoms with E-state index in [4.69, 9.17) is 0 Å². The van der Waals surface area contributed by atoms with Gasteiger partial charge in [-0.15, -0.1) is 0 Å². The van der Waals surface area contributed by atoms with Gasteiger partial charge >= 0.3 is 5.97 Å². The summed E-state index contributed by atoms with van der Waals surface area (Å²) < 4.78 is 12.2. The quantitative estimate of drug-likeness (QED) is 0.570. The molecular weight excluding hydrogens is 296 g/mol. The average Bonchev–Trinajstić information content (AvgIpc) is 2.74. The smallest absolute Gasteiger partial charge is 0.353 e.